The van der Waals surface area contributed by atoms with E-state index in [9.17, 15) is 14.4 Å². The van der Waals surface area contributed by atoms with Gasteiger partial charge in [0.05, 0.1) is 23.9 Å². The molecule has 0 saturated carbocycles. The second kappa shape index (κ2) is 7.75. The van der Waals surface area contributed by atoms with E-state index < -0.39 is 23.8 Å². The third-order valence-electron chi connectivity index (χ3n) is 4.50. The maximum Gasteiger partial charge on any atom is 0.339 e. The summed E-state index contributed by atoms with van der Waals surface area (Å²) in [6.45, 7) is 5.63. The van der Waals surface area contributed by atoms with Crippen LogP contribution in [-0.4, -0.2) is 49.1 Å². The normalized spacial score (nSPS) is 13.6. The van der Waals surface area contributed by atoms with Crippen LogP contribution in [0.2, 0.25) is 0 Å². The molecule has 1 atom stereocenters. The Hall–Kier alpha value is -3.29. The summed E-state index contributed by atoms with van der Waals surface area (Å²) >= 11 is 0. The van der Waals surface area contributed by atoms with Gasteiger partial charge in [-0.1, -0.05) is 0 Å². The predicted octanol–water partition coefficient (Wildman–Crippen LogP) is 2.62. The zero-order valence-electron chi connectivity index (χ0n) is 16.1. The lowest BCUT2D eigenvalue weighted by Crippen LogP contribution is -2.25. The van der Waals surface area contributed by atoms with Gasteiger partial charge in [0.15, 0.2) is 17.6 Å². The minimum absolute atomic E-state index is 0.209. The molecule has 1 aliphatic heterocycles. The van der Waals surface area contributed by atoms with Crippen molar-refractivity contribution in [3.05, 3.63) is 46.3 Å². The topological polar surface area (TPSA) is 104 Å². The van der Waals surface area contributed by atoms with E-state index in [1.54, 1.807) is 26.0 Å². The lowest BCUT2D eigenvalue weighted by molar-refractivity contribution is 0.0316. The van der Waals surface area contributed by atoms with Crippen LogP contribution in [0.1, 0.15) is 49.4 Å². The van der Waals surface area contributed by atoms with Crippen LogP contribution < -0.4 is 9.47 Å². The highest BCUT2D eigenvalue weighted by molar-refractivity contribution is 6.04. The standard InChI is InChI=1S/C20H21NO7/c1-10-16(20(24)25-4)11(2)21-17(10)18(22)12(3)28-19(23)13-5-6-14-15(9-13)27-8-7-26-14/h5-6,9,12,21H,7-8H2,1-4H3/t12-/m0/s1. The monoisotopic (exact) mass is 387 g/mol. The number of hydrogen-bond donors (Lipinski definition) is 1. The zero-order chi connectivity index (χ0) is 20.4. The van der Waals surface area contributed by atoms with E-state index >= 15 is 0 Å². The van der Waals surface area contributed by atoms with E-state index in [0.29, 0.717) is 41.5 Å². The third-order valence-corrected chi connectivity index (χ3v) is 4.50. The lowest BCUT2D eigenvalue weighted by atomic mass is 10.1. The van der Waals surface area contributed by atoms with E-state index in [2.05, 4.69) is 4.98 Å². The number of benzene rings is 1. The molecule has 8 nitrogen and oxygen atoms in total. The highest BCUT2D eigenvalue weighted by Gasteiger charge is 2.28. The zero-order valence-corrected chi connectivity index (χ0v) is 16.1. The minimum Gasteiger partial charge on any atom is -0.486 e. The van der Waals surface area contributed by atoms with Gasteiger partial charge in [-0.05, 0) is 44.5 Å². The van der Waals surface area contributed by atoms with Crippen LogP contribution in [0.4, 0.5) is 0 Å². The number of aromatic amines is 1. The Morgan fingerprint density at radius 3 is 2.43 bits per heavy atom. The molecule has 1 aromatic heterocycles. The number of aromatic nitrogens is 1. The number of methoxy groups -OCH3 is 1. The van der Waals surface area contributed by atoms with Gasteiger partial charge in [-0.3, -0.25) is 4.79 Å². The van der Waals surface area contributed by atoms with Gasteiger partial charge in [-0.2, -0.15) is 0 Å². The molecule has 28 heavy (non-hydrogen) atoms. The van der Waals surface area contributed by atoms with Crippen LogP contribution in [0.3, 0.4) is 0 Å². The average molecular weight is 387 g/mol. The molecule has 0 saturated heterocycles. The smallest absolute Gasteiger partial charge is 0.339 e. The minimum atomic E-state index is -1.05. The molecule has 3 rings (SSSR count). The molecule has 2 aromatic rings. The number of aryl methyl sites for hydroxylation is 1. The maximum atomic E-state index is 12.7. The summed E-state index contributed by atoms with van der Waals surface area (Å²) in [5, 5.41) is 0. The van der Waals surface area contributed by atoms with Gasteiger partial charge in [-0.25, -0.2) is 9.59 Å². The molecule has 0 unspecified atom stereocenters. The molecule has 0 bridgehead atoms. The number of fused-ring (bicyclic) bond motifs is 1. The van der Waals surface area contributed by atoms with Crippen LogP contribution in [0.15, 0.2) is 18.2 Å². The Morgan fingerprint density at radius 1 is 1.07 bits per heavy atom. The van der Waals surface area contributed by atoms with Gasteiger partial charge < -0.3 is 23.9 Å². The van der Waals surface area contributed by atoms with Crippen molar-refractivity contribution < 1.29 is 33.3 Å². The van der Waals surface area contributed by atoms with E-state index in [1.165, 1.54) is 20.1 Å². The van der Waals surface area contributed by atoms with Crippen molar-refractivity contribution in [2.75, 3.05) is 20.3 Å². The van der Waals surface area contributed by atoms with E-state index in [1.807, 2.05) is 0 Å². The van der Waals surface area contributed by atoms with Crippen molar-refractivity contribution in [1.82, 2.24) is 4.98 Å². The van der Waals surface area contributed by atoms with Gasteiger partial charge in [0.25, 0.3) is 0 Å². The predicted molar refractivity (Wildman–Crippen MR) is 98.2 cm³/mol. The van der Waals surface area contributed by atoms with Gasteiger partial charge in [0, 0.05) is 5.69 Å². The molecular weight excluding hydrogens is 366 g/mol. The summed E-state index contributed by atoms with van der Waals surface area (Å²) in [7, 11) is 1.27. The summed E-state index contributed by atoms with van der Waals surface area (Å²) in [6.07, 6.45) is -1.05. The number of carbonyl (C=O) groups is 3. The Morgan fingerprint density at radius 2 is 1.75 bits per heavy atom. The molecule has 148 valence electrons. The molecule has 1 aromatic carbocycles. The van der Waals surface area contributed by atoms with Gasteiger partial charge in [0.1, 0.15) is 13.2 Å². The third kappa shape index (κ3) is 3.58. The van der Waals surface area contributed by atoms with Crippen LogP contribution in [0.25, 0.3) is 0 Å². The summed E-state index contributed by atoms with van der Waals surface area (Å²) < 4.78 is 20.9. The molecule has 0 radical (unpaired) electrons. The molecule has 0 aliphatic carbocycles. The summed E-state index contributed by atoms with van der Waals surface area (Å²) in [6, 6.07) is 4.69. The number of esters is 2. The molecule has 0 amide bonds. The first kappa shape index (κ1) is 19.5. The molecule has 1 N–H and O–H groups in total. The second-order valence-corrected chi connectivity index (χ2v) is 6.39. The largest absolute Gasteiger partial charge is 0.486 e. The van der Waals surface area contributed by atoms with E-state index in [0.717, 1.165) is 0 Å². The fourth-order valence-electron chi connectivity index (χ4n) is 3.06. The number of carbonyl (C=O) groups excluding carboxylic acids is 3. The van der Waals surface area contributed by atoms with Crippen molar-refractivity contribution in [3.63, 3.8) is 0 Å². The summed E-state index contributed by atoms with van der Waals surface area (Å²) in [5.74, 6) is -0.627. The quantitative estimate of drug-likeness (QED) is 0.621. The number of ether oxygens (including phenoxy) is 4. The number of Topliss-reactive ketones (excluding diaryl/α,β-unsaturated/α-hetero) is 1. The van der Waals surface area contributed by atoms with Crippen LogP contribution in [0.5, 0.6) is 11.5 Å². The molecule has 2 heterocycles. The van der Waals surface area contributed by atoms with Crippen molar-refractivity contribution in [3.8, 4) is 11.5 Å². The molecule has 8 heteroatoms. The average Bonchev–Trinajstić information content (AvgIpc) is 3.00. The highest BCUT2D eigenvalue weighted by Crippen LogP contribution is 2.31. The summed E-state index contributed by atoms with van der Waals surface area (Å²) in [5.41, 5.74) is 1.73. The second-order valence-electron chi connectivity index (χ2n) is 6.39. The first-order valence-electron chi connectivity index (χ1n) is 8.75. The van der Waals surface area contributed by atoms with E-state index in [-0.39, 0.29) is 11.3 Å². The Labute approximate surface area is 161 Å². The van der Waals surface area contributed by atoms with Gasteiger partial charge in [0.2, 0.25) is 5.78 Å². The number of rotatable bonds is 5. The lowest BCUT2D eigenvalue weighted by Gasteiger charge is -2.19. The number of nitrogens with one attached hydrogen (secondary N) is 1. The fraction of sp³-hybridized carbons (Fsp3) is 0.350. The van der Waals surface area contributed by atoms with Crippen molar-refractivity contribution in [2.24, 2.45) is 0 Å². The maximum absolute atomic E-state index is 12.7. The number of ketones is 1. The SMILES string of the molecule is COC(=O)c1c(C)[nH]c(C(=O)[C@H](C)OC(=O)c2ccc3c(c2)OCCO3)c1C. The highest BCUT2D eigenvalue weighted by atomic mass is 16.6. The summed E-state index contributed by atoms with van der Waals surface area (Å²) in [4.78, 5) is 39.9. The van der Waals surface area contributed by atoms with Crippen molar-refractivity contribution in [2.45, 2.75) is 26.9 Å². The van der Waals surface area contributed by atoms with Gasteiger partial charge >= 0.3 is 11.9 Å². The molecule has 1 aliphatic rings. The number of H-pyrrole nitrogens is 1. The molecule has 0 spiro atoms. The van der Waals surface area contributed by atoms with Crippen LogP contribution >= 0.6 is 0 Å². The number of hydrogen-bond acceptors (Lipinski definition) is 7. The van der Waals surface area contributed by atoms with Crippen LogP contribution in [-0.2, 0) is 9.47 Å². The molecular formula is C20H21NO7. The van der Waals surface area contributed by atoms with Crippen molar-refractivity contribution in [1.29, 1.82) is 0 Å². The first-order valence-corrected chi connectivity index (χ1v) is 8.75. The Kier molecular flexibility index (Phi) is 5.39. The Balaban J connectivity index is 1.76. The van der Waals surface area contributed by atoms with E-state index in [4.69, 9.17) is 18.9 Å². The molecule has 0 fully saturated rings. The Bertz CT molecular complexity index is 944. The fourth-order valence-corrected chi connectivity index (χ4v) is 3.06. The van der Waals surface area contributed by atoms with Crippen molar-refractivity contribution >= 4 is 17.7 Å². The first-order chi connectivity index (χ1) is 13.3. The van der Waals surface area contributed by atoms with Gasteiger partial charge in [-0.15, -0.1) is 0 Å². The van der Waals surface area contributed by atoms with Crippen LogP contribution in [0, 0.1) is 13.8 Å².